The van der Waals surface area contributed by atoms with Gasteiger partial charge >= 0.3 is 6.09 Å². The first-order chi connectivity index (χ1) is 17.9. The fourth-order valence-electron chi connectivity index (χ4n) is 7.78. The summed E-state index contributed by atoms with van der Waals surface area (Å²) in [4.78, 5) is 15.5. The number of aliphatic hydroxyl groups excluding tert-OH is 1. The van der Waals surface area contributed by atoms with E-state index in [1.54, 1.807) is 12.5 Å². The number of nitrogens with zero attached hydrogens (tertiary/aromatic N) is 1. The number of nitrogens with one attached hydrogen (secondary N) is 2. The average molecular weight is 504 g/mol. The zero-order valence-electron chi connectivity index (χ0n) is 22.2. The summed E-state index contributed by atoms with van der Waals surface area (Å²) in [6.45, 7) is 6.58. The minimum atomic E-state index is -0.458. The van der Waals surface area contributed by atoms with Crippen LogP contribution in [0.3, 0.4) is 0 Å². The lowest BCUT2D eigenvalue weighted by Gasteiger charge is -2.38. The van der Waals surface area contributed by atoms with Crippen molar-refractivity contribution in [1.82, 2.24) is 15.5 Å². The van der Waals surface area contributed by atoms with Crippen molar-refractivity contribution in [2.75, 3.05) is 19.7 Å². The predicted octanol–water partition coefficient (Wildman–Crippen LogP) is 4.67. The van der Waals surface area contributed by atoms with Crippen molar-refractivity contribution in [3.8, 4) is 0 Å². The van der Waals surface area contributed by atoms with E-state index in [1.807, 2.05) is 0 Å². The predicted molar refractivity (Wildman–Crippen MR) is 146 cm³/mol. The Balaban J connectivity index is 1.05. The Bertz CT molecular complexity index is 1130. The summed E-state index contributed by atoms with van der Waals surface area (Å²) in [5, 5.41) is 16.2. The quantitative estimate of drug-likeness (QED) is 0.363. The molecule has 6 aliphatic rings. The molecule has 0 aromatic heterocycles. The van der Waals surface area contributed by atoms with Gasteiger partial charge in [0.2, 0.25) is 0 Å². The third-order valence-electron chi connectivity index (χ3n) is 9.43. The van der Waals surface area contributed by atoms with Gasteiger partial charge in [-0.05, 0) is 79.6 Å². The molecule has 37 heavy (non-hydrogen) atoms. The Morgan fingerprint density at radius 1 is 1.27 bits per heavy atom. The highest BCUT2D eigenvalue weighted by atomic mass is 16.5. The number of carbonyl (C=O) groups is 1. The van der Waals surface area contributed by atoms with Crippen molar-refractivity contribution in [3.05, 3.63) is 70.4 Å². The molecule has 6 rings (SSSR count). The van der Waals surface area contributed by atoms with Gasteiger partial charge in [-0.1, -0.05) is 55.0 Å². The molecule has 0 bridgehead atoms. The van der Waals surface area contributed by atoms with E-state index >= 15 is 0 Å². The summed E-state index contributed by atoms with van der Waals surface area (Å²) in [5.41, 5.74) is 6.97. The number of hydrogen-bond acceptors (Lipinski definition) is 5. The molecule has 1 aliphatic heterocycles. The summed E-state index contributed by atoms with van der Waals surface area (Å²) in [6, 6.07) is 0.968. The van der Waals surface area contributed by atoms with E-state index in [0.29, 0.717) is 18.7 Å². The second-order valence-electron chi connectivity index (χ2n) is 12.0. The van der Waals surface area contributed by atoms with Gasteiger partial charge in [0, 0.05) is 37.1 Å². The lowest BCUT2D eigenvalue weighted by Crippen LogP contribution is -2.44. The van der Waals surface area contributed by atoms with E-state index in [2.05, 4.69) is 65.0 Å². The molecular weight excluding hydrogens is 462 g/mol. The zero-order valence-corrected chi connectivity index (χ0v) is 22.2. The van der Waals surface area contributed by atoms with E-state index in [0.717, 1.165) is 51.6 Å². The molecule has 0 spiro atoms. The lowest BCUT2D eigenvalue weighted by atomic mass is 9.73. The Hall–Kier alpha value is -2.41. The molecule has 198 valence electrons. The standard InChI is InChI=1S/C31H41N3O3/c1-20(35)32-22-14-16-34(18-22)29-13-15-31(2)17-21(11-12-28(29)31)33-30(36)37-19-27-25-9-5-3-7-23(25)24-8-4-6-10-26(24)27/h3,5-7,9-10,12,20-22,25,29,32,35H,4,8,11,13-19H2,1-2H3,(H,33,36). The highest BCUT2D eigenvalue weighted by Gasteiger charge is 2.46. The monoisotopic (exact) mass is 503 g/mol. The largest absolute Gasteiger partial charge is 0.445 e. The summed E-state index contributed by atoms with van der Waals surface area (Å²) in [7, 11) is 0. The van der Waals surface area contributed by atoms with E-state index in [9.17, 15) is 9.90 Å². The van der Waals surface area contributed by atoms with Crippen LogP contribution in [-0.2, 0) is 4.74 Å². The fraction of sp³-hybridized carbons (Fsp3) is 0.581. The van der Waals surface area contributed by atoms with Crippen molar-refractivity contribution < 1.29 is 14.6 Å². The summed E-state index contributed by atoms with van der Waals surface area (Å²) >= 11 is 0. The Morgan fingerprint density at radius 3 is 3.03 bits per heavy atom. The molecule has 0 radical (unpaired) electrons. The van der Waals surface area contributed by atoms with Crippen molar-refractivity contribution >= 4 is 6.09 Å². The van der Waals surface area contributed by atoms with Crippen LogP contribution >= 0.6 is 0 Å². The van der Waals surface area contributed by atoms with Crippen molar-refractivity contribution in [2.45, 2.75) is 83.1 Å². The molecule has 6 nitrogen and oxygen atoms in total. The third kappa shape index (κ3) is 4.80. The molecule has 2 fully saturated rings. The highest BCUT2D eigenvalue weighted by Crippen LogP contribution is 2.51. The number of amides is 1. The van der Waals surface area contributed by atoms with E-state index < -0.39 is 6.23 Å². The summed E-state index contributed by atoms with van der Waals surface area (Å²) < 4.78 is 5.83. The maximum Gasteiger partial charge on any atom is 0.407 e. The first kappa shape index (κ1) is 24.9. The van der Waals surface area contributed by atoms with Gasteiger partial charge in [0.1, 0.15) is 12.8 Å². The molecule has 1 amide bonds. The number of carbonyl (C=O) groups excluding carboxylic acids is 1. The van der Waals surface area contributed by atoms with Gasteiger partial charge in [0.25, 0.3) is 0 Å². The SMILES string of the molecule is CC(O)NC1CCN(C2CCC3(C)CC(NC(=O)OCC4=C5C=CCCC5=C5C=CC=CC54)CC=C23)C1. The smallest absolute Gasteiger partial charge is 0.407 e. The number of ether oxygens (including phenoxy) is 1. The van der Waals surface area contributed by atoms with Gasteiger partial charge < -0.3 is 15.2 Å². The number of hydrogen-bond donors (Lipinski definition) is 3. The molecule has 3 N–H and O–H groups in total. The number of aliphatic hydroxyl groups is 1. The third-order valence-corrected chi connectivity index (χ3v) is 9.43. The number of allylic oxidation sites excluding steroid dienone is 9. The van der Waals surface area contributed by atoms with E-state index in [4.69, 9.17) is 4.74 Å². The fourth-order valence-corrected chi connectivity index (χ4v) is 7.78. The van der Waals surface area contributed by atoms with Crippen LogP contribution in [0.15, 0.2) is 70.4 Å². The minimum absolute atomic E-state index is 0.112. The maximum absolute atomic E-state index is 12.9. The van der Waals surface area contributed by atoms with Gasteiger partial charge in [-0.2, -0.15) is 0 Å². The second kappa shape index (κ2) is 10.0. The Labute approximate surface area is 220 Å². The van der Waals surface area contributed by atoms with Crippen LogP contribution < -0.4 is 10.6 Å². The Kier molecular flexibility index (Phi) is 6.76. The molecule has 1 saturated heterocycles. The average Bonchev–Trinajstić information content (AvgIpc) is 3.56. The zero-order chi connectivity index (χ0) is 25.6. The van der Waals surface area contributed by atoms with Crippen LogP contribution in [0.2, 0.25) is 0 Å². The van der Waals surface area contributed by atoms with Crippen LogP contribution in [0.5, 0.6) is 0 Å². The molecule has 6 atom stereocenters. The molecule has 6 heteroatoms. The van der Waals surface area contributed by atoms with E-state index in [1.165, 1.54) is 28.7 Å². The number of alkyl carbamates (subject to hydrolysis) is 1. The van der Waals surface area contributed by atoms with Crippen molar-refractivity contribution in [3.63, 3.8) is 0 Å². The maximum atomic E-state index is 12.9. The summed E-state index contributed by atoms with van der Waals surface area (Å²) in [6.07, 6.45) is 22.1. The number of likely N-dealkylation sites (tertiary alicyclic amines) is 1. The van der Waals surface area contributed by atoms with Gasteiger partial charge in [-0.25, -0.2) is 4.79 Å². The first-order valence-corrected chi connectivity index (χ1v) is 14.2. The second-order valence-corrected chi connectivity index (χ2v) is 12.0. The van der Waals surface area contributed by atoms with Gasteiger partial charge in [-0.15, -0.1) is 0 Å². The van der Waals surface area contributed by atoms with Crippen molar-refractivity contribution in [2.24, 2.45) is 11.3 Å². The Morgan fingerprint density at radius 2 is 2.16 bits per heavy atom. The van der Waals surface area contributed by atoms with Crippen LogP contribution in [0, 0.1) is 11.3 Å². The topological polar surface area (TPSA) is 73.8 Å². The highest BCUT2D eigenvalue weighted by molar-refractivity contribution is 5.69. The molecule has 6 unspecified atom stereocenters. The van der Waals surface area contributed by atoms with Crippen LogP contribution in [-0.4, -0.2) is 60.1 Å². The van der Waals surface area contributed by atoms with Crippen LogP contribution in [0.1, 0.15) is 58.8 Å². The van der Waals surface area contributed by atoms with Crippen LogP contribution in [0.25, 0.3) is 0 Å². The van der Waals surface area contributed by atoms with Crippen LogP contribution in [0.4, 0.5) is 4.79 Å². The van der Waals surface area contributed by atoms with Gasteiger partial charge in [-0.3, -0.25) is 10.2 Å². The number of fused-ring (bicyclic) bond motifs is 3. The normalized spacial score (nSPS) is 35.4. The molecule has 1 heterocycles. The first-order valence-electron chi connectivity index (χ1n) is 14.2. The molecule has 5 aliphatic carbocycles. The van der Waals surface area contributed by atoms with Gasteiger partial charge in [0.05, 0.1) is 0 Å². The van der Waals surface area contributed by atoms with Gasteiger partial charge in [0.15, 0.2) is 0 Å². The molecule has 0 aromatic carbocycles. The van der Waals surface area contributed by atoms with Crippen molar-refractivity contribution in [1.29, 1.82) is 0 Å². The molecule has 1 saturated carbocycles. The molecular formula is C31H41N3O3. The summed E-state index contributed by atoms with van der Waals surface area (Å²) in [5.74, 6) is 0.237. The molecule has 0 aromatic rings. The van der Waals surface area contributed by atoms with E-state index in [-0.39, 0.29) is 23.5 Å². The lowest BCUT2D eigenvalue weighted by molar-refractivity contribution is 0.138. The minimum Gasteiger partial charge on any atom is -0.445 e. The number of rotatable bonds is 6.